The molecule has 0 saturated carbocycles. The van der Waals surface area contributed by atoms with Crippen molar-refractivity contribution in [3.63, 3.8) is 0 Å². The summed E-state index contributed by atoms with van der Waals surface area (Å²) in [5.41, 5.74) is 0.875. The van der Waals surface area contributed by atoms with Crippen LogP contribution in [0.1, 0.15) is 11.7 Å². The highest BCUT2D eigenvalue weighted by Crippen LogP contribution is 2.26. The van der Waals surface area contributed by atoms with Gasteiger partial charge in [0.25, 0.3) is 5.69 Å². The van der Waals surface area contributed by atoms with Crippen LogP contribution in [0.15, 0.2) is 48.5 Å². The summed E-state index contributed by atoms with van der Waals surface area (Å²) in [6, 6.07) is 12.5. The molecule has 0 fully saturated rings. The van der Waals surface area contributed by atoms with Crippen LogP contribution in [0.2, 0.25) is 5.02 Å². The summed E-state index contributed by atoms with van der Waals surface area (Å²) < 4.78 is 0. The first-order chi connectivity index (χ1) is 13.3. The van der Waals surface area contributed by atoms with Crippen LogP contribution in [0.25, 0.3) is 0 Å². The molecule has 0 aliphatic rings. The highest BCUT2D eigenvalue weighted by molar-refractivity contribution is 6.33. The van der Waals surface area contributed by atoms with Gasteiger partial charge in [-0.3, -0.25) is 10.1 Å². The Morgan fingerprint density at radius 1 is 1.25 bits per heavy atom. The third-order valence-electron chi connectivity index (χ3n) is 4.12. The molecular weight excluding hydrogens is 384 g/mol. The lowest BCUT2D eigenvalue weighted by molar-refractivity contribution is -0.384. The lowest BCUT2D eigenvalue weighted by Gasteiger charge is -2.26. The molecule has 2 rings (SSSR count). The molecule has 0 spiro atoms. The third kappa shape index (κ3) is 6.19. The summed E-state index contributed by atoms with van der Waals surface area (Å²) in [5, 5.41) is 26.8. The molecule has 3 N–H and O–H groups in total. The number of rotatable bonds is 8. The SMILES string of the molecule is CN(C)CC(CNC(=O)Nc1ccc([N+](=O)[O-])cc1Cl)C(O)c1ccccc1. The number of nitro benzene ring substituents is 1. The van der Waals surface area contributed by atoms with Crippen molar-refractivity contribution in [1.29, 1.82) is 0 Å². The van der Waals surface area contributed by atoms with Crippen LogP contribution in [0.4, 0.5) is 16.2 Å². The summed E-state index contributed by atoms with van der Waals surface area (Å²) in [7, 11) is 3.78. The van der Waals surface area contributed by atoms with Gasteiger partial charge in [0.15, 0.2) is 0 Å². The van der Waals surface area contributed by atoms with E-state index in [-0.39, 0.29) is 28.9 Å². The van der Waals surface area contributed by atoms with Gasteiger partial charge in [-0.2, -0.15) is 0 Å². The molecule has 0 aromatic heterocycles. The van der Waals surface area contributed by atoms with Crippen molar-refractivity contribution < 1.29 is 14.8 Å². The maximum atomic E-state index is 12.2. The number of urea groups is 1. The number of hydrogen-bond acceptors (Lipinski definition) is 5. The fraction of sp³-hybridized carbons (Fsp3) is 0.316. The number of anilines is 1. The zero-order valence-corrected chi connectivity index (χ0v) is 16.4. The number of non-ortho nitro benzene ring substituents is 1. The second-order valence-corrected chi connectivity index (χ2v) is 7.04. The van der Waals surface area contributed by atoms with Crippen molar-refractivity contribution in [2.24, 2.45) is 5.92 Å². The van der Waals surface area contributed by atoms with E-state index in [1.807, 2.05) is 49.3 Å². The van der Waals surface area contributed by atoms with Gasteiger partial charge in [-0.1, -0.05) is 41.9 Å². The average molecular weight is 407 g/mol. The minimum Gasteiger partial charge on any atom is -0.388 e. The molecule has 8 nitrogen and oxygen atoms in total. The van der Waals surface area contributed by atoms with Gasteiger partial charge in [-0.15, -0.1) is 0 Å². The van der Waals surface area contributed by atoms with Crippen molar-refractivity contribution in [3.8, 4) is 0 Å². The van der Waals surface area contributed by atoms with E-state index in [9.17, 15) is 20.0 Å². The molecule has 0 bridgehead atoms. The molecule has 2 aromatic rings. The fourth-order valence-corrected chi connectivity index (χ4v) is 3.00. The number of benzene rings is 2. The molecule has 0 heterocycles. The van der Waals surface area contributed by atoms with Crippen LogP contribution in [0.3, 0.4) is 0 Å². The lowest BCUT2D eigenvalue weighted by atomic mass is 9.95. The molecule has 150 valence electrons. The average Bonchev–Trinajstić information content (AvgIpc) is 2.66. The predicted molar refractivity (Wildman–Crippen MR) is 109 cm³/mol. The minimum absolute atomic E-state index is 0.0681. The molecule has 0 saturated heterocycles. The molecule has 2 atom stereocenters. The first-order valence-electron chi connectivity index (χ1n) is 8.64. The molecule has 28 heavy (non-hydrogen) atoms. The number of aliphatic hydroxyl groups excluding tert-OH is 1. The van der Waals surface area contributed by atoms with Gasteiger partial charge in [0.05, 0.1) is 21.7 Å². The largest absolute Gasteiger partial charge is 0.388 e. The fourth-order valence-electron chi connectivity index (χ4n) is 2.78. The lowest BCUT2D eigenvalue weighted by Crippen LogP contribution is -2.39. The van der Waals surface area contributed by atoms with Crippen LogP contribution >= 0.6 is 11.6 Å². The Labute approximate surface area is 168 Å². The second kappa shape index (κ2) is 10.0. The second-order valence-electron chi connectivity index (χ2n) is 6.63. The highest BCUT2D eigenvalue weighted by Gasteiger charge is 2.22. The van der Waals surface area contributed by atoms with Gasteiger partial charge >= 0.3 is 6.03 Å². The Bertz CT molecular complexity index is 817. The Balaban J connectivity index is 2.00. The van der Waals surface area contributed by atoms with Crippen molar-refractivity contribution >= 4 is 29.0 Å². The van der Waals surface area contributed by atoms with E-state index in [2.05, 4.69) is 10.6 Å². The Kier molecular flexibility index (Phi) is 7.74. The van der Waals surface area contributed by atoms with Crippen molar-refractivity contribution in [2.45, 2.75) is 6.10 Å². The van der Waals surface area contributed by atoms with Crippen LogP contribution < -0.4 is 10.6 Å². The number of aliphatic hydroxyl groups is 1. The molecule has 0 aliphatic carbocycles. The Hall–Kier alpha value is -2.68. The van der Waals surface area contributed by atoms with E-state index in [1.54, 1.807) is 0 Å². The third-order valence-corrected chi connectivity index (χ3v) is 4.44. The number of nitro groups is 1. The summed E-state index contributed by atoms with van der Waals surface area (Å²) in [5.74, 6) is -0.240. The van der Waals surface area contributed by atoms with Crippen LogP contribution in [-0.2, 0) is 0 Å². The zero-order chi connectivity index (χ0) is 20.7. The normalized spacial score (nSPS) is 13.0. The van der Waals surface area contributed by atoms with E-state index < -0.39 is 17.1 Å². The molecular formula is C19H23ClN4O4. The molecule has 2 amide bonds. The smallest absolute Gasteiger partial charge is 0.319 e. The monoisotopic (exact) mass is 406 g/mol. The standard InChI is InChI=1S/C19H23ClN4O4/c1-23(2)12-14(18(25)13-6-4-3-5-7-13)11-21-19(26)22-17-9-8-15(24(27)28)10-16(17)20/h3-10,14,18,25H,11-12H2,1-2H3,(H2,21,22,26). The van der Waals surface area contributed by atoms with E-state index in [0.717, 1.165) is 5.56 Å². The molecule has 2 aromatic carbocycles. The van der Waals surface area contributed by atoms with E-state index in [0.29, 0.717) is 6.54 Å². The molecule has 2 unspecified atom stereocenters. The summed E-state index contributed by atoms with van der Waals surface area (Å²) in [6.45, 7) is 0.791. The van der Waals surface area contributed by atoms with Gasteiger partial charge in [-0.25, -0.2) is 4.79 Å². The van der Waals surface area contributed by atoms with Gasteiger partial charge in [0.2, 0.25) is 0 Å². The first kappa shape index (κ1) is 21.6. The van der Waals surface area contributed by atoms with Gasteiger partial charge in [0, 0.05) is 31.1 Å². The van der Waals surface area contributed by atoms with Crippen LogP contribution in [0.5, 0.6) is 0 Å². The van der Waals surface area contributed by atoms with Gasteiger partial charge < -0.3 is 20.6 Å². The molecule has 0 radical (unpaired) electrons. The topological polar surface area (TPSA) is 108 Å². The number of carbonyl (C=O) groups excluding carboxylic acids is 1. The van der Waals surface area contributed by atoms with Gasteiger partial charge in [0.1, 0.15) is 0 Å². The minimum atomic E-state index is -0.744. The number of carbonyl (C=O) groups is 1. The van der Waals surface area contributed by atoms with Crippen LogP contribution in [0, 0.1) is 16.0 Å². The number of nitrogens with zero attached hydrogens (tertiary/aromatic N) is 2. The quantitative estimate of drug-likeness (QED) is 0.460. The number of amides is 2. The van der Waals surface area contributed by atoms with E-state index in [4.69, 9.17) is 11.6 Å². The van der Waals surface area contributed by atoms with Crippen LogP contribution in [-0.4, -0.2) is 48.1 Å². The van der Waals surface area contributed by atoms with Crippen molar-refractivity contribution in [3.05, 3.63) is 69.2 Å². The Morgan fingerprint density at radius 3 is 2.50 bits per heavy atom. The van der Waals surface area contributed by atoms with Gasteiger partial charge in [-0.05, 0) is 25.7 Å². The van der Waals surface area contributed by atoms with E-state index >= 15 is 0 Å². The molecule has 9 heteroatoms. The zero-order valence-electron chi connectivity index (χ0n) is 15.6. The maximum absolute atomic E-state index is 12.2. The summed E-state index contributed by atoms with van der Waals surface area (Å²) in [6.07, 6.45) is -0.744. The van der Waals surface area contributed by atoms with Crippen molar-refractivity contribution in [1.82, 2.24) is 10.2 Å². The summed E-state index contributed by atoms with van der Waals surface area (Å²) >= 11 is 5.99. The summed E-state index contributed by atoms with van der Waals surface area (Å²) in [4.78, 5) is 24.3. The Morgan fingerprint density at radius 2 is 1.93 bits per heavy atom. The highest BCUT2D eigenvalue weighted by atomic mass is 35.5. The predicted octanol–water partition coefficient (Wildman–Crippen LogP) is 3.28. The molecule has 0 aliphatic heterocycles. The number of nitrogens with one attached hydrogen (secondary N) is 2. The number of halogens is 1. The maximum Gasteiger partial charge on any atom is 0.319 e. The van der Waals surface area contributed by atoms with E-state index in [1.165, 1.54) is 18.2 Å². The van der Waals surface area contributed by atoms with Crippen molar-refractivity contribution in [2.75, 3.05) is 32.5 Å². The number of hydrogen-bond donors (Lipinski definition) is 3. The first-order valence-corrected chi connectivity index (χ1v) is 9.02.